The summed E-state index contributed by atoms with van der Waals surface area (Å²) in [7, 11) is 5.90. The van der Waals surface area contributed by atoms with E-state index in [1.807, 2.05) is 21.1 Å². The topological polar surface area (TPSA) is 111 Å². The molecule has 2 atom stereocenters. The third-order valence-electron chi connectivity index (χ3n) is 14.5. The molecule has 0 N–H and O–H groups in total. The minimum absolute atomic E-state index is 0.129. The first kappa shape index (κ1) is 86.9. The number of nitrogens with zero attached hydrogens (tertiary/aromatic N) is 1. The van der Waals surface area contributed by atoms with Gasteiger partial charge in [-0.1, -0.05) is 291 Å². The van der Waals surface area contributed by atoms with Gasteiger partial charge in [-0.05, 0) is 148 Å². The Balaban J connectivity index is 4.24. The lowest BCUT2D eigenvalue weighted by atomic mass is 10.0. The lowest BCUT2D eigenvalue weighted by molar-refractivity contribution is -0.870. The highest BCUT2D eigenvalue weighted by Gasteiger charge is 2.22. The zero-order chi connectivity index (χ0) is 67.5. The normalized spacial score (nSPS) is 13.9. The molecule has 0 aromatic heterocycles. The number of quaternary nitrogens is 1. The van der Waals surface area contributed by atoms with Gasteiger partial charge in [0.05, 0.1) is 40.3 Å². The van der Waals surface area contributed by atoms with Crippen molar-refractivity contribution in [3.63, 3.8) is 0 Å². The van der Waals surface area contributed by atoms with E-state index in [1.165, 1.54) is 51.4 Å². The number of hydrogen-bond acceptors (Lipinski definition) is 8. The molecule has 9 heteroatoms. The van der Waals surface area contributed by atoms with Crippen LogP contribution in [0.15, 0.2) is 207 Å². The number of esters is 2. The maximum absolute atomic E-state index is 12.9. The summed E-state index contributed by atoms with van der Waals surface area (Å²) in [5.74, 6) is -2.35. The summed E-state index contributed by atoms with van der Waals surface area (Å²) in [6, 6.07) is 0. The second-order valence-corrected chi connectivity index (χ2v) is 24.4. The summed E-state index contributed by atoms with van der Waals surface area (Å²) in [5, 5.41) is 11.8. The van der Waals surface area contributed by atoms with Crippen LogP contribution in [0, 0.1) is 0 Å². The van der Waals surface area contributed by atoms with Crippen LogP contribution in [0.3, 0.4) is 0 Å². The number of carbonyl (C=O) groups is 3. The van der Waals surface area contributed by atoms with Crippen LogP contribution in [0.4, 0.5) is 0 Å². The average Bonchev–Trinajstić information content (AvgIpc) is 3.38. The molecule has 0 saturated carbocycles. The quantitative estimate of drug-likeness (QED) is 0.0195. The van der Waals surface area contributed by atoms with Crippen molar-refractivity contribution < 1.29 is 42.9 Å². The Morgan fingerprint density at radius 2 is 0.581 bits per heavy atom. The number of aliphatic carboxylic acids is 1. The average molecular weight is 1280 g/mol. The van der Waals surface area contributed by atoms with Crippen LogP contribution >= 0.6 is 0 Å². The molecule has 0 bridgehead atoms. The van der Waals surface area contributed by atoms with E-state index in [4.69, 9.17) is 18.9 Å². The number of likely N-dealkylation sites (N-methyl/N-ethyl adjacent to an activating group) is 1. The van der Waals surface area contributed by atoms with Crippen LogP contribution in [0.25, 0.3) is 0 Å². The lowest BCUT2D eigenvalue weighted by Crippen LogP contribution is -2.44. The first-order valence-electron chi connectivity index (χ1n) is 36.2. The van der Waals surface area contributed by atoms with Gasteiger partial charge in [-0.2, -0.15) is 0 Å². The summed E-state index contributed by atoms with van der Waals surface area (Å²) in [5.41, 5.74) is 0. The van der Waals surface area contributed by atoms with Crippen molar-refractivity contribution in [3.05, 3.63) is 207 Å². The van der Waals surface area contributed by atoms with E-state index in [0.29, 0.717) is 17.4 Å². The van der Waals surface area contributed by atoms with E-state index in [2.05, 4.69) is 220 Å². The summed E-state index contributed by atoms with van der Waals surface area (Å²) in [6.07, 6.45) is 109. The Labute approximate surface area is 569 Å². The Hall–Kier alpha value is -6.13. The molecule has 0 aliphatic heterocycles. The van der Waals surface area contributed by atoms with Crippen LogP contribution in [-0.4, -0.2) is 82.3 Å². The van der Waals surface area contributed by atoms with Crippen LogP contribution < -0.4 is 5.11 Å². The molecule has 0 aliphatic carbocycles. The van der Waals surface area contributed by atoms with Crippen molar-refractivity contribution in [2.24, 2.45) is 0 Å². The molecule has 93 heavy (non-hydrogen) atoms. The fourth-order valence-corrected chi connectivity index (χ4v) is 9.07. The number of rotatable bonds is 64. The Bertz CT molecular complexity index is 2280. The molecule has 0 aromatic carbocycles. The van der Waals surface area contributed by atoms with Gasteiger partial charge in [0.1, 0.15) is 13.2 Å². The van der Waals surface area contributed by atoms with Crippen LogP contribution in [0.1, 0.15) is 245 Å². The predicted molar refractivity (Wildman–Crippen MR) is 397 cm³/mol. The van der Waals surface area contributed by atoms with Crippen LogP contribution in [0.2, 0.25) is 0 Å². The first-order chi connectivity index (χ1) is 45.6. The molecule has 0 fully saturated rings. The number of carboxylic acids is 1. The largest absolute Gasteiger partial charge is 0.545 e. The Kier molecular flexibility index (Phi) is 67.0. The number of carboxylic acid groups (broad SMARTS) is 1. The summed E-state index contributed by atoms with van der Waals surface area (Å²) < 4.78 is 22.7. The van der Waals surface area contributed by atoms with Gasteiger partial charge >= 0.3 is 11.9 Å². The molecule has 9 nitrogen and oxygen atoms in total. The zero-order valence-electron chi connectivity index (χ0n) is 59.3. The molecule has 0 aliphatic rings. The van der Waals surface area contributed by atoms with Crippen molar-refractivity contribution in [2.75, 3.05) is 47.5 Å². The summed E-state index contributed by atoms with van der Waals surface area (Å²) in [4.78, 5) is 37.5. The second-order valence-electron chi connectivity index (χ2n) is 24.4. The highest BCUT2D eigenvalue weighted by Crippen LogP contribution is 2.15. The summed E-state index contributed by atoms with van der Waals surface area (Å²) in [6.45, 7) is 4.45. The third kappa shape index (κ3) is 73.1. The number of ether oxygens (including phenoxy) is 4. The molecule has 520 valence electrons. The van der Waals surface area contributed by atoms with E-state index in [1.54, 1.807) is 0 Å². The van der Waals surface area contributed by atoms with Crippen molar-refractivity contribution in [3.8, 4) is 0 Å². The second kappa shape index (κ2) is 71.7. The van der Waals surface area contributed by atoms with Crippen molar-refractivity contribution in [2.45, 2.75) is 257 Å². The fraction of sp³-hybridized carbons (Fsp3) is 0.560. The van der Waals surface area contributed by atoms with Crippen molar-refractivity contribution >= 4 is 17.9 Å². The fourth-order valence-electron chi connectivity index (χ4n) is 9.07. The van der Waals surface area contributed by atoms with Gasteiger partial charge in [-0.25, -0.2) is 0 Å². The third-order valence-corrected chi connectivity index (χ3v) is 14.5. The maximum atomic E-state index is 12.9. The van der Waals surface area contributed by atoms with E-state index in [0.717, 1.165) is 161 Å². The predicted octanol–water partition coefficient (Wildman–Crippen LogP) is 21.8. The zero-order valence-corrected chi connectivity index (χ0v) is 59.3. The van der Waals surface area contributed by atoms with E-state index < -0.39 is 24.3 Å². The van der Waals surface area contributed by atoms with Crippen LogP contribution in [-0.2, 0) is 33.3 Å². The number of unbranched alkanes of at least 4 members (excludes halogenated alkanes) is 15. The molecule has 0 spiro atoms. The van der Waals surface area contributed by atoms with Gasteiger partial charge in [0.15, 0.2) is 12.4 Å². The number of allylic oxidation sites excluding steroid dienone is 34. The minimum atomic E-state index is -1.65. The molecule has 0 amide bonds. The SMILES string of the molecule is CC/C=C\C/C=C\C/C=C\C/C=C\C/C=C\C/C=C\C/C=C\C/C=C\C/C=C\CCCCCC(=O)OC(COC(=O)CCCCCCCCCCCCCC/C=C\C/C=C\C/C=C\C/C=C\C/C=C\C/C=C\C/C=C\C/C=C\CC)COC(OCC[N+](C)(C)C)C(=O)[O-]. The Morgan fingerprint density at radius 3 is 0.871 bits per heavy atom. The van der Waals surface area contributed by atoms with Gasteiger partial charge in [0, 0.05) is 12.8 Å². The van der Waals surface area contributed by atoms with E-state index in [9.17, 15) is 19.5 Å². The molecule has 2 unspecified atom stereocenters. The van der Waals surface area contributed by atoms with Gasteiger partial charge < -0.3 is 33.3 Å². The van der Waals surface area contributed by atoms with Gasteiger partial charge in [0.2, 0.25) is 0 Å². The Morgan fingerprint density at radius 1 is 0.323 bits per heavy atom. The van der Waals surface area contributed by atoms with E-state index in [-0.39, 0.29) is 38.6 Å². The van der Waals surface area contributed by atoms with Crippen molar-refractivity contribution in [1.82, 2.24) is 0 Å². The monoisotopic (exact) mass is 1280 g/mol. The molecule has 0 aromatic rings. The van der Waals surface area contributed by atoms with Crippen LogP contribution in [0.5, 0.6) is 0 Å². The number of carbonyl (C=O) groups excluding carboxylic acids is 3. The molecular formula is C84H131NO8. The molecule has 0 radical (unpaired) electrons. The highest BCUT2D eigenvalue weighted by molar-refractivity contribution is 5.70. The highest BCUT2D eigenvalue weighted by atomic mass is 16.7. The minimum Gasteiger partial charge on any atom is -0.545 e. The van der Waals surface area contributed by atoms with Gasteiger partial charge in [-0.3, -0.25) is 9.59 Å². The molecule has 0 saturated heterocycles. The van der Waals surface area contributed by atoms with E-state index >= 15 is 0 Å². The van der Waals surface area contributed by atoms with Crippen molar-refractivity contribution in [1.29, 1.82) is 0 Å². The van der Waals surface area contributed by atoms with Gasteiger partial charge in [0.25, 0.3) is 0 Å². The maximum Gasteiger partial charge on any atom is 0.306 e. The molecule has 0 heterocycles. The van der Waals surface area contributed by atoms with Gasteiger partial charge in [-0.15, -0.1) is 0 Å². The lowest BCUT2D eigenvalue weighted by Gasteiger charge is -2.26. The summed E-state index contributed by atoms with van der Waals surface area (Å²) >= 11 is 0. The molecule has 0 rings (SSSR count). The smallest absolute Gasteiger partial charge is 0.306 e. The molecular weight excluding hydrogens is 1150 g/mol. The number of hydrogen-bond donors (Lipinski definition) is 0. The first-order valence-corrected chi connectivity index (χ1v) is 36.2. The standard InChI is InChI=1S/C84H131NO8/c1-6-8-10-12-14-16-18-20-22-24-26-28-30-32-34-36-38-39-40-41-42-43-45-46-48-50-52-54-56-58-60-62-64-66-68-70-72-74-81(86)91-78-80(79-92-84(83(88)89)90-77-76-85(3,4)5)93-82(87)75-73-71-69-67-65-63-61-59-57-55-53-51-49-47-44-37-35-33-31-29-27-25-23-21-19-17-15-13-11-9-7-2/h8-11,14-17,20-23,26-29,32-35,38-39,41-42,44-47,51,53,57,59,63,65,80,84H,6-7,12-13,18-19,24-25,30-31,36-37,40,43,48-50,52,54-56,58,60-62,64,66-79H2,1-5H3/b10-8-,11-9-,16-14-,17-15-,22-20-,23-21-,28-26-,29-27-,34-32-,35-33-,39-38-,42-41-,46-45-,47-44-,53-51-,59-57-,65-63-.